The molecule has 0 fully saturated rings. The second-order valence-electron chi connectivity index (χ2n) is 6.14. The van der Waals surface area contributed by atoms with Crippen LogP contribution in [0.3, 0.4) is 0 Å². The highest BCUT2D eigenvalue weighted by atomic mass is 14.3. The summed E-state index contributed by atoms with van der Waals surface area (Å²) in [6, 6.07) is 28.7. The Morgan fingerprint density at radius 2 is 1.45 bits per heavy atom. The first-order valence-electron chi connectivity index (χ1n) is 8.15. The monoisotopic (exact) mass is 284 g/mol. The molecule has 0 unspecified atom stereocenters. The van der Waals surface area contributed by atoms with Crippen molar-refractivity contribution in [2.75, 3.05) is 0 Å². The van der Waals surface area contributed by atoms with Crippen LogP contribution in [-0.2, 0) is 6.42 Å². The molecule has 0 radical (unpaired) electrons. The zero-order chi connectivity index (χ0) is 14.8. The fourth-order valence-corrected chi connectivity index (χ4v) is 3.67. The highest BCUT2D eigenvalue weighted by Gasteiger charge is 2.21. The van der Waals surface area contributed by atoms with Gasteiger partial charge in [-0.2, -0.15) is 0 Å². The maximum absolute atomic E-state index is 2.38. The molecule has 0 heteroatoms. The lowest BCUT2D eigenvalue weighted by molar-refractivity contribution is 0.616. The molecule has 0 aromatic heterocycles. The van der Waals surface area contributed by atoms with Gasteiger partial charge in [-0.25, -0.2) is 0 Å². The zero-order valence-corrected chi connectivity index (χ0v) is 12.7. The quantitative estimate of drug-likeness (QED) is 0.556. The van der Waals surface area contributed by atoms with E-state index < -0.39 is 0 Å². The molecular weight excluding hydrogens is 264 g/mol. The Hall–Kier alpha value is -2.34. The van der Waals surface area contributed by atoms with Crippen LogP contribution in [0.5, 0.6) is 0 Å². The van der Waals surface area contributed by atoms with Gasteiger partial charge >= 0.3 is 0 Å². The van der Waals surface area contributed by atoms with Crippen LogP contribution in [0, 0.1) is 0 Å². The molecule has 4 rings (SSSR count). The molecule has 0 spiro atoms. The Kier molecular flexibility index (Phi) is 3.52. The second kappa shape index (κ2) is 5.81. The van der Waals surface area contributed by atoms with Crippen molar-refractivity contribution in [3.63, 3.8) is 0 Å². The molecule has 108 valence electrons. The van der Waals surface area contributed by atoms with E-state index in [0.717, 1.165) is 0 Å². The summed E-state index contributed by atoms with van der Waals surface area (Å²) in [5, 5.41) is 0. The highest BCUT2D eigenvalue weighted by Crippen LogP contribution is 2.37. The Bertz CT molecular complexity index is 771. The topological polar surface area (TPSA) is 0 Å². The lowest BCUT2D eigenvalue weighted by Crippen LogP contribution is -2.10. The van der Waals surface area contributed by atoms with E-state index in [1.165, 1.54) is 47.1 Å². The van der Waals surface area contributed by atoms with Crippen molar-refractivity contribution in [3.8, 4) is 11.1 Å². The van der Waals surface area contributed by atoms with Crippen LogP contribution in [-0.4, -0.2) is 0 Å². The molecule has 0 amide bonds. The molecule has 1 atom stereocenters. The fourth-order valence-electron chi connectivity index (χ4n) is 3.67. The van der Waals surface area contributed by atoms with Crippen LogP contribution >= 0.6 is 0 Å². The van der Waals surface area contributed by atoms with E-state index in [0.29, 0.717) is 5.92 Å². The first kappa shape index (κ1) is 13.3. The average molecular weight is 284 g/mol. The standard InChI is InChI=1S/C22H20/c1-2-8-17(9-3-1)19-12-6-13-20(16-19)22-15-7-11-18-10-4-5-14-21(18)22/h1-6,8-10,12-14,16,22H,7,11,15H2/t22-/m0/s1. The van der Waals surface area contributed by atoms with Crippen molar-refractivity contribution in [1.29, 1.82) is 0 Å². The largest absolute Gasteiger partial charge is 0.0622 e. The smallest absolute Gasteiger partial charge is 0.00924 e. The summed E-state index contributed by atoms with van der Waals surface area (Å²) in [4.78, 5) is 0. The Morgan fingerprint density at radius 3 is 2.36 bits per heavy atom. The third kappa shape index (κ3) is 2.46. The summed E-state index contributed by atoms with van der Waals surface area (Å²) in [5.74, 6) is 0.550. The van der Waals surface area contributed by atoms with Gasteiger partial charge in [-0.1, -0.05) is 78.9 Å². The van der Waals surface area contributed by atoms with Gasteiger partial charge in [0.25, 0.3) is 0 Å². The van der Waals surface area contributed by atoms with Gasteiger partial charge in [0.1, 0.15) is 0 Å². The normalized spacial score (nSPS) is 17.0. The van der Waals surface area contributed by atoms with E-state index >= 15 is 0 Å². The van der Waals surface area contributed by atoms with Crippen molar-refractivity contribution in [3.05, 3.63) is 95.6 Å². The Labute approximate surface area is 132 Å². The minimum atomic E-state index is 0.550. The minimum absolute atomic E-state index is 0.550. The number of hydrogen-bond donors (Lipinski definition) is 0. The van der Waals surface area contributed by atoms with Gasteiger partial charge in [0.2, 0.25) is 0 Å². The molecule has 0 heterocycles. The number of hydrogen-bond acceptors (Lipinski definition) is 0. The summed E-state index contributed by atoms with van der Waals surface area (Å²) in [6.07, 6.45) is 3.78. The maximum Gasteiger partial charge on any atom is 0.00924 e. The lowest BCUT2D eigenvalue weighted by Gasteiger charge is -2.26. The van der Waals surface area contributed by atoms with Gasteiger partial charge in [-0.05, 0) is 47.1 Å². The van der Waals surface area contributed by atoms with Crippen molar-refractivity contribution in [2.24, 2.45) is 0 Å². The number of aryl methyl sites for hydroxylation is 1. The molecular formula is C22H20. The first-order chi connectivity index (χ1) is 10.9. The summed E-state index contributed by atoms with van der Waals surface area (Å²) in [7, 11) is 0. The van der Waals surface area contributed by atoms with Gasteiger partial charge in [0.15, 0.2) is 0 Å². The van der Waals surface area contributed by atoms with Gasteiger partial charge in [-0.3, -0.25) is 0 Å². The molecule has 0 saturated carbocycles. The van der Waals surface area contributed by atoms with Crippen molar-refractivity contribution >= 4 is 0 Å². The zero-order valence-electron chi connectivity index (χ0n) is 12.7. The summed E-state index contributed by atoms with van der Waals surface area (Å²) in [5.41, 5.74) is 7.13. The van der Waals surface area contributed by atoms with Crippen molar-refractivity contribution in [2.45, 2.75) is 25.2 Å². The molecule has 3 aromatic rings. The van der Waals surface area contributed by atoms with Crippen LogP contribution in [0.2, 0.25) is 0 Å². The highest BCUT2D eigenvalue weighted by molar-refractivity contribution is 5.64. The van der Waals surface area contributed by atoms with Crippen LogP contribution in [0.15, 0.2) is 78.9 Å². The van der Waals surface area contributed by atoms with Gasteiger partial charge in [0.05, 0.1) is 0 Å². The van der Waals surface area contributed by atoms with E-state index in [1.807, 2.05) is 0 Å². The predicted molar refractivity (Wildman–Crippen MR) is 93.1 cm³/mol. The predicted octanol–water partition coefficient (Wildman–Crippen LogP) is 5.82. The maximum atomic E-state index is 2.38. The summed E-state index contributed by atoms with van der Waals surface area (Å²) in [6.45, 7) is 0. The van der Waals surface area contributed by atoms with E-state index in [-0.39, 0.29) is 0 Å². The minimum Gasteiger partial charge on any atom is -0.0622 e. The molecule has 0 N–H and O–H groups in total. The number of rotatable bonds is 2. The number of benzene rings is 3. The van der Waals surface area contributed by atoms with Gasteiger partial charge in [0, 0.05) is 5.92 Å². The molecule has 0 bridgehead atoms. The Balaban J connectivity index is 1.76. The molecule has 0 aliphatic heterocycles. The molecule has 1 aliphatic rings. The third-order valence-corrected chi connectivity index (χ3v) is 4.77. The van der Waals surface area contributed by atoms with E-state index in [2.05, 4.69) is 78.9 Å². The van der Waals surface area contributed by atoms with Crippen molar-refractivity contribution in [1.82, 2.24) is 0 Å². The van der Waals surface area contributed by atoms with Gasteiger partial charge in [-0.15, -0.1) is 0 Å². The summed E-state index contributed by atoms with van der Waals surface area (Å²) >= 11 is 0. The van der Waals surface area contributed by atoms with Crippen molar-refractivity contribution < 1.29 is 0 Å². The molecule has 3 aromatic carbocycles. The van der Waals surface area contributed by atoms with E-state index in [9.17, 15) is 0 Å². The lowest BCUT2D eigenvalue weighted by atomic mass is 9.78. The number of fused-ring (bicyclic) bond motifs is 1. The van der Waals surface area contributed by atoms with Crippen LogP contribution in [0.25, 0.3) is 11.1 Å². The third-order valence-electron chi connectivity index (χ3n) is 4.77. The molecule has 22 heavy (non-hydrogen) atoms. The molecule has 0 nitrogen and oxygen atoms in total. The summed E-state index contributed by atoms with van der Waals surface area (Å²) < 4.78 is 0. The van der Waals surface area contributed by atoms with Gasteiger partial charge < -0.3 is 0 Å². The van der Waals surface area contributed by atoms with E-state index in [1.54, 1.807) is 0 Å². The van der Waals surface area contributed by atoms with Crippen LogP contribution < -0.4 is 0 Å². The molecule has 0 saturated heterocycles. The second-order valence-corrected chi connectivity index (χ2v) is 6.14. The first-order valence-corrected chi connectivity index (χ1v) is 8.15. The van der Waals surface area contributed by atoms with Crippen LogP contribution in [0.1, 0.15) is 35.4 Å². The van der Waals surface area contributed by atoms with Crippen LogP contribution in [0.4, 0.5) is 0 Å². The van der Waals surface area contributed by atoms with E-state index in [4.69, 9.17) is 0 Å². The molecule has 1 aliphatic carbocycles. The SMILES string of the molecule is c1ccc(-c2cccc([C@@H]3CCCc4ccccc43)c2)cc1. The fraction of sp³-hybridized carbons (Fsp3) is 0.182. The average Bonchev–Trinajstić information content (AvgIpc) is 2.62. The Morgan fingerprint density at radius 1 is 0.682 bits per heavy atom.